The molecule has 0 aliphatic heterocycles. The lowest BCUT2D eigenvalue weighted by molar-refractivity contribution is 0.0955. The Balaban J connectivity index is 3.01. The summed E-state index contributed by atoms with van der Waals surface area (Å²) in [5.74, 6) is 5.68. The molecule has 0 aliphatic carbocycles. The van der Waals surface area contributed by atoms with Crippen molar-refractivity contribution in [2.24, 2.45) is 5.84 Å². The quantitative estimate of drug-likeness (QED) is 0.502. The molecule has 0 saturated heterocycles. The Kier molecular flexibility index (Phi) is 4.05. The summed E-state index contributed by atoms with van der Waals surface area (Å²) in [7, 11) is 0. The number of hydrogen-bond acceptors (Lipinski definition) is 4. The van der Waals surface area contributed by atoms with E-state index in [-0.39, 0.29) is 5.91 Å². The van der Waals surface area contributed by atoms with Gasteiger partial charge in [-0.2, -0.15) is 0 Å². The predicted octanol–water partition coefficient (Wildman–Crippen LogP) is 0.679. The average Bonchev–Trinajstić information content (AvgIpc) is 2.28. The fourth-order valence-electron chi connectivity index (χ4n) is 1.24. The number of nitrogen functional groups attached to an aromatic ring is 1. The average molecular weight is 208 g/mol. The van der Waals surface area contributed by atoms with Gasteiger partial charge in [-0.1, -0.05) is 6.92 Å². The second-order valence-corrected chi connectivity index (χ2v) is 3.09. The number of rotatable bonds is 4. The number of pyridine rings is 1. The highest BCUT2D eigenvalue weighted by Crippen LogP contribution is 2.10. The highest BCUT2D eigenvalue weighted by Gasteiger charge is 2.07. The fraction of sp³-hybridized carbons (Fsp3) is 0.400. The monoisotopic (exact) mass is 208 g/mol. The molecule has 5 nitrogen and oxygen atoms in total. The van der Waals surface area contributed by atoms with E-state index in [0.717, 1.165) is 12.1 Å². The number of carbonyl (C=O) groups excluding carboxylic acids is 1. The van der Waals surface area contributed by atoms with Crippen LogP contribution in [0.15, 0.2) is 12.1 Å². The van der Waals surface area contributed by atoms with E-state index in [4.69, 9.17) is 5.84 Å². The molecular weight excluding hydrogens is 192 g/mol. The molecule has 4 N–H and O–H groups in total. The lowest BCUT2D eigenvalue weighted by Gasteiger charge is -2.07. The number of hydrazine groups is 1. The second-order valence-electron chi connectivity index (χ2n) is 3.09. The SMILES string of the molecule is CCNC(=O)c1cc(CC)nc(NN)c1. The molecule has 0 saturated carbocycles. The Morgan fingerprint density at radius 3 is 2.73 bits per heavy atom. The van der Waals surface area contributed by atoms with Gasteiger partial charge in [-0.25, -0.2) is 10.8 Å². The van der Waals surface area contributed by atoms with Crippen molar-refractivity contribution in [2.45, 2.75) is 20.3 Å². The zero-order valence-electron chi connectivity index (χ0n) is 9.00. The number of hydrogen-bond donors (Lipinski definition) is 3. The van der Waals surface area contributed by atoms with Crippen LogP contribution in [0.4, 0.5) is 5.82 Å². The molecule has 1 heterocycles. The van der Waals surface area contributed by atoms with Crippen LogP contribution < -0.4 is 16.6 Å². The van der Waals surface area contributed by atoms with Gasteiger partial charge in [-0.15, -0.1) is 0 Å². The molecule has 0 aromatic carbocycles. The van der Waals surface area contributed by atoms with Crippen LogP contribution in [0.5, 0.6) is 0 Å². The number of nitrogens with one attached hydrogen (secondary N) is 2. The topological polar surface area (TPSA) is 80.0 Å². The molecular formula is C10H16N4O. The number of nitrogens with two attached hydrogens (primary N) is 1. The summed E-state index contributed by atoms with van der Waals surface area (Å²) < 4.78 is 0. The smallest absolute Gasteiger partial charge is 0.251 e. The van der Waals surface area contributed by atoms with Crippen LogP contribution in [-0.4, -0.2) is 17.4 Å². The van der Waals surface area contributed by atoms with Crippen LogP contribution in [0.3, 0.4) is 0 Å². The molecule has 1 aromatic heterocycles. The third-order valence-electron chi connectivity index (χ3n) is 1.99. The normalized spacial score (nSPS) is 9.80. The highest BCUT2D eigenvalue weighted by atomic mass is 16.1. The standard InChI is InChI=1S/C10H16N4O/c1-3-8-5-7(10(15)12-4-2)6-9(13-8)14-11/h5-6H,3-4,11H2,1-2H3,(H,12,15)(H,13,14). The minimum atomic E-state index is -0.105. The summed E-state index contributed by atoms with van der Waals surface area (Å²) in [6.07, 6.45) is 0.766. The van der Waals surface area contributed by atoms with Crippen LogP contribution in [0.25, 0.3) is 0 Å². The summed E-state index contributed by atoms with van der Waals surface area (Å²) in [5, 5.41) is 2.73. The van der Waals surface area contributed by atoms with Crippen LogP contribution in [0.1, 0.15) is 29.9 Å². The first-order valence-corrected chi connectivity index (χ1v) is 4.97. The second kappa shape index (κ2) is 5.31. The minimum Gasteiger partial charge on any atom is -0.352 e. The first kappa shape index (κ1) is 11.5. The molecule has 0 spiro atoms. The Bertz CT molecular complexity index is 329. The third-order valence-corrected chi connectivity index (χ3v) is 1.99. The van der Waals surface area contributed by atoms with Gasteiger partial charge in [0, 0.05) is 17.8 Å². The zero-order chi connectivity index (χ0) is 11.3. The number of aromatic nitrogens is 1. The molecule has 1 aromatic rings. The summed E-state index contributed by atoms with van der Waals surface area (Å²) in [4.78, 5) is 15.8. The van der Waals surface area contributed by atoms with Crippen LogP contribution >= 0.6 is 0 Å². The number of nitrogens with zero attached hydrogens (tertiary/aromatic N) is 1. The van der Waals surface area contributed by atoms with Gasteiger partial charge in [0.2, 0.25) is 0 Å². The maximum atomic E-state index is 11.6. The van der Waals surface area contributed by atoms with Crippen molar-refractivity contribution in [3.8, 4) is 0 Å². The van der Waals surface area contributed by atoms with Crippen LogP contribution in [0, 0.1) is 0 Å². The zero-order valence-corrected chi connectivity index (χ0v) is 9.00. The maximum Gasteiger partial charge on any atom is 0.251 e. The molecule has 1 amide bonds. The van der Waals surface area contributed by atoms with Gasteiger partial charge in [0.1, 0.15) is 5.82 Å². The molecule has 0 aliphatic rings. The van der Waals surface area contributed by atoms with Gasteiger partial charge in [0.05, 0.1) is 0 Å². The third kappa shape index (κ3) is 2.92. The molecule has 82 valence electrons. The Morgan fingerprint density at radius 2 is 2.20 bits per heavy atom. The van der Waals surface area contributed by atoms with Crippen LogP contribution in [0.2, 0.25) is 0 Å². The fourth-order valence-corrected chi connectivity index (χ4v) is 1.24. The number of aryl methyl sites for hydroxylation is 1. The van der Waals surface area contributed by atoms with Gasteiger partial charge in [-0.05, 0) is 25.5 Å². The molecule has 0 radical (unpaired) electrons. The van der Waals surface area contributed by atoms with E-state index in [0.29, 0.717) is 17.9 Å². The summed E-state index contributed by atoms with van der Waals surface area (Å²) in [5.41, 5.74) is 3.87. The predicted molar refractivity (Wildman–Crippen MR) is 59.4 cm³/mol. The van der Waals surface area contributed by atoms with Gasteiger partial charge in [0.25, 0.3) is 5.91 Å². The molecule has 0 unspecified atom stereocenters. The van der Waals surface area contributed by atoms with Gasteiger partial charge < -0.3 is 10.7 Å². The number of carbonyl (C=O) groups is 1. The first-order valence-electron chi connectivity index (χ1n) is 4.97. The summed E-state index contributed by atoms with van der Waals surface area (Å²) >= 11 is 0. The van der Waals surface area contributed by atoms with E-state index in [2.05, 4.69) is 15.7 Å². The largest absolute Gasteiger partial charge is 0.352 e. The number of anilines is 1. The van der Waals surface area contributed by atoms with Gasteiger partial charge in [-0.3, -0.25) is 4.79 Å². The molecule has 0 bridgehead atoms. The highest BCUT2D eigenvalue weighted by molar-refractivity contribution is 5.94. The van der Waals surface area contributed by atoms with E-state index in [1.807, 2.05) is 13.8 Å². The first-order chi connectivity index (χ1) is 7.21. The lowest BCUT2D eigenvalue weighted by Crippen LogP contribution is -2.23. The van der Waals surface area contributed by atoms with Crippen molar-refractivity contribution in [1.82, 2.24) is 10.3 Å². The lowest BCUT2D eigenvalue weighted by atomic mass is 10.2. The van der Waals surface area contributed by atoms with E-state index < -0.39 is 0 Å². The molecule has 0 fully saturated rings. The summed E-state index contributed by atoms with van der Waals surface area (Å²) in [6.45, 7) is 4.46. The van der Waals surface area contributed by atoms with Crippen molar-refractivity contribution < 1.29 is 4.79 Å². The molecule has 5 heteroatoms. The van der Waals surface area contributed by atoms with E-state index >= 15 is 0 Å². The van der Waals surface area contributed by atoms with Crippen LogP contribution in [-0.2, 0) is 6.42 Å². The van der Waals surface area contributed by atoms with Gasteiger partial charge >= 0.3 is 0 Å². The van der Waals surface area contributed by atoms with Crippen molar-refractivity contribution in [2.75, 3.05) is 12.0 Å². The Hall–Kier alpha value is -1.62. The Morgan fingerprint density at radius 1 is 1.47 bits per heavy atom. The number of amides is 1. The summed E-state index contributed by atoms with van der Waals surface area (Å²) in [6, 6.07) is 3.40. The van der Waals surface area contributed by atoms with E-state index in [1.54, 1.807) is 12.1 Å². The molecule has 15 heavy (non-hydrogen) atoms. The van der Waals surface area contributed by atoms with E-state index in [9.17, 15) is 4.79 Å². The minimum absolute atomic E-state index is 0.105. The van der Waals surface area contributed by atoms with Crippen molar-refractivity contribution in [3.05, 3.63) is 23.4 Å². The van der Waals surface area contributed by atoms with E-state index in [1.165, 1.54) is 0 Å². The van der Waals surface area contributed by atoms with Crippen molar-refractivity contribution in [1.29, 1.82) is 0 Å². The molecule has 1 rings (SSSR count). The molecule has 0 atom stereocenters. The van der Waals surface area contributed by atoms with Crippen molar-refractivity contribution in [3.63, 3.8) is 0 Å². The van der Waals surface area contributed by atoms with Crippen molar-refractivity contribution >= 4 is 11.7 Å². The van der Waals surface area contributed by atoms with Gasteiger partial charge in [0.15, 0.2) is 0 Å². The maximum absolute atomic E-state index is 11.6. The Labute approximate surface area is 89.0 Å².